The summed E-state index contributed by atoms with van der Waals surface area (Å²) in [5.41, 5.74) is 6.29. The van der Waals surface area contributed by atoms with Crippen LogP contribution in [0.1, 0.15) is 37.6 Å². The van der Waals surface area contributed by atoms with E-state index in [1.807, 2.05) is 0 Å². The molecule has 0 aromatic carbocycles. The summed E-state index contributed by atoms with van der Waals surface area (Å²) in [5.74, 6) is 0. The highest BCUT2D eigenvalue weighted by molar-refractivity contribution is 9.10. The largest absolute Gasteiger partial charge is 0.395 e. The molecule has 2 unspecified atom stereocenters. The minimum absolute atomic E-state index is 0.105. The minimum Gasteiger partial charge on any atom is -0.395 e. The van der Waals surface area contributed by atoms with Crippen molar-refractivity contribution < 1.29 is 5.11 Å². The van der Waals surface area contributed by atoms with Crippen LogP contribution in [0, 0.1) is 0 Å². The van der Waals surface area contributed by atoms with Crippen LogP contribution in [0.2, 0.25) is 0 Å². The van der Waals surface area contributed by atoms with Gasteiger partial charge in [0, 0.05) is 27.3 Å². The lowest BCUT2D eigenvalue weighted by Gasteiger charge is -2.34. The third-order valence-corrected chi connectivity index (χ3v) is 4.81. The first-order valence-corrected chi connectivity index (χ1v) is 8.15. The SMILES string of the molecule is CCCN(CCO)C(c1cc(Br)cs1)C(N)CC. The minimum atomic E-state index is 0.105. The summed E-state index contributed by atoms with van der Waals surface area (Å²) in [6, 6.07) is 2.46. The Hall–Kier alpha value is 0.0600. The molecule has 3 nitrogen and oxygen atoms in total. The second kappa shape index (κ2) is 8.27. The Labute approximate surface area is 122 Å². The van der Waals surface area contributed by atoms with E-state index in [0.717, 1.165) is 23.9 Å². The van der Waals surface area contributed by atoms with Gasteiger partial charge in [0.1, 0.15) is 0 Å². The molecule has 104 valence electrons. The van der Waals surface area contributed by atoms with Gasteiger partial charge >= 0.3 is 0 Å². The summed E-state index contributed by atoms with van der Waals surface area (Å²) >= 11 is 5.23. The van der Waals surface area contributed by atoms with Crippen molar-refractivity contribution in [3.63, 3.8) is 0 Å². The Kier molecular flexibility index (Phi) is 7.41. The van der Waals surface area contributed by atoms with Crippen LogP contribution < -0.4 is 5.73 Å². The molecule has 0 fully saturated rings. The summed E-state index contributed by atoms with van der Waals surface area (Å²) in [5, 5.41) is 11.3. The number of nitrogens with zero attached hydrogens (tertiary/aromatic N) is 1. The Bertz CT molecular complexity index is 339. The van der Waals surface area contributed by atoms with Gasteiger partial charge in [0.05, 0.1) is 12.6 Å². The molecule has 0 saturated heterocycles. The Balaban J connectivity index is 2.94. The van der Waals surface area contributed by atoms with Crippen LogP contribution in [0.4, 0.5) is 0 Å². The van der Waals surface area contributed by atoms with E-state index < -0.39 is 0 Å². The van der Waals surface area contributed by atoms with Crippen molar-refractivity contribution in [3.8, 4) is 0 Å². The molecule has 0 aliphatic rings. The van der Waals surface area contributed by atoms with Crippen LogP contribution in [0.15, 0.2) is 15.9 Å². The normalized spacial score (nSPS) is 15.0. The monoisotopic (exact) mass is 334 g/mol. The van der Waals surface area contributed by atoms with Crippen LogP contribution >= 0.6 is 27.3 Å². The third kappa shape index (κ3) is 4.31. The molecule has 1 rings (SSSR count). The lowest BCUT2D eigenvalue weighted by molar-refractivity contribution is 0.134. The van der Waals surface area contributed by atoms with Crippen molar-refractivity contribution in [1.29, 1.82) is 0 Å². The molecule has 1 heterocycles. The Morgan fingerprint density at radius 2 is 2.17 bits per heavy atom. The van der Waals surface area contributed by atoms with E-state index in [-0.39, 0.29) is 18.7 Å². The molecule has 0 saturated carbocycles. The van der Waals surface area contributed by atoms with Gasteiger partial charge in [-0.3, -0.25) is 4.90 Å². The first kappa shape index (κ1) is 16.1. The standard InChI is InChI=1S/C13H23BrN2OS/c1-3-5-16(6-7-17)13(11(15)4-2)12-8-10(14)9-18-12/h8-9,11,13,17H,3-7,15H2,1-2H3. The van der Waals surface area contributed by atoms with Crippen molar-refractivity contribution in [2.24, 2.45) is 5.73 Å². The van der Waals surface area contributed by atoms with Gasteiger partial charge in [0.15, 0.2) is 0 Å². The first-order valence-electron chi connectivity index (χ1n) is 6.48. The van der Waals surface area contributed by atoms with E-state index in [1.54, 1.807) is 11.3 Å². The number of aliphatic hydroxyl groups is 1. The molecule has 0 spiro atoms. The lowest BCUT2D eigenvalue weighted by Crippen LogP contribution is -2.42. The maximum absolute atomic E-state index is 9.23. The molecule has 5 heteroatoms. The molecule has 1 aromatic rings. The molecular weight excluding hydrogens is 312 g/mol. The zero-order valence-electron chi connectivity index (χ0n) is 11.1. The van der Waals surface area contributed by atoms with Gasteiger partial charge in [0.2, 0.25) is 0 Å². The van der Waals surface area contributed by atoms with Gasteiger partial charge in [0.25, 0.3) is 0 Å². The zero-order valence-corrected chi connectivity index (χ0v) is 13.5. The lowest BCUT2D eigenvalue weighted by atomic mass is 10.0. The van der Waals surface area contributed by atoms with Crippen LogP contribution in [-0.4, -0.2) is 35.7 Å². The highest BCUT2D eigenvalue weighted by Crippen LogP contribution is 2.32. The second-order valence-corrected chi connectivity index (χ2v) is 6.30. The van der Waals surface area contributed by atoms with E-state index in [1.165, 1.54) is 4.88 Å². The average Bonchev–Trinajstić information content (AvgIpc) is 2.76. The van der Waals surface area contributed by atoms with Crippen LogP contribution in [0.5, 0.6) is 0 Å². The molecule has 0 aliphatic heterocycles. The molecule has 18 heavy (non-hydrogen) atoms. The fraction of sp³-hybridized carbons (Fsp3) is 0.692. The van der Waals surface area contributed by atoms with Crippen LogP contribution in [0.25, 0.3) is 0 Å². The smallest absolute Gasteiger partial charge is 0.0594 e. The molecule has 0 radical (unpaired) electrons. The molecule has 3 N–H and O–H groups in total. The molecule has 0 aliphatic carbocycles. The summed E-state index contributed by atoms with van der Waals surface area (Å²) < 4.78 is 1.11. The molecule has 2 atom stereocenters. The van der Waals surface area contributed by atoms with Crippen molar-refractivity contribution >= 4 is 27.3 Å². The summed E-state index contributed by atoms with van der Waals surface area (Å²) in [6.07, 6.45) is 2.01. The van der Waals surface area contributed by atoms with E-state index in [2.05, 4.69) is 46.1 Å². The van der Waals surface area contributed by atoms with Crippen molar-refractivity contribution in [1.82, 2.24) is 4.90 Å². The summed E-state index contributed by atoms with van der Waals surface area (Å²) in [6.45, 7) is 6.10. The van der Waals surface area contributed by atoms with Crippen molar-refractivity contribution in [2.45, 2.75) is 38.8 Å². The topological polar surface area (TPSA) is 49.5 Å². The van der Waals surface area contributed by atoms with Crippen molar-refractivity contribution in [2.75, 3.05) is 19.7 Å². The zero-order chi connectivity index (χ0) is 13.5. The van der Waals surface area contributed by atoms with Gasteiger partial charge < -0.3 is 10.8 Å². The van der Waals surface area contributed by atoms with Gasteiger partial charge in [-0.15, -0.1) is 11.3 Å². The number of halogens is 1. The second-order valence-electron chi connectivity index (χ2n) is 4.44. The van der Waals surface area contributed by atoms with Gasteiger partial charge in [-0.1, -0.05) is 13.8 Å². The number of rotatable bonds is 8. The first-order chi connectivity index (χ1) is 8.63. The summed E-state index contributed by atoms with van der Waals surface area (Å²) in [4.78, 5) is 3.57. The van der Waals surface area contributed by atoms with E-state index in [0.29, 0.717) is 6.54 Å². The third-order valence-electron chi connectivity index (χ3n) is 3.05. The van der Waals surface area contributed by atoms with Crippen LogP contribution in [0.3, 0.4) is 0 Å². The Morgan fingerprint density at radius 1 is 1.44 bits per heavy atom. The molecule has 0 bridgehead atoms. The highest BCUT2D eigenvalue weighted by Gasteiger charge is 2.26. The fourth-order valence-electron chi connectivity index (χ4n) is 2.17. The predicted molar refractivity (Wildman–Crippen MR) is 82.0 cm³/mol. The summed E-state index contributed by atoms with van der Waals surface area (Å²) in [7, 11) is 0. The highest BCUT2D eigenvalue weighted by atomic mass is 79.9. The number of thiophene rings is 1. The van der Waals surface area contributed by atoms with E-state index >= 15 is 0 Å². The van der Waals surface area contributed by atoms with Gasteiger partial charge in [-0.25, -0.2) is 0 Å². The van der Waals surface area contributed by atoms with Gasteiger partial charge in [-0.2, -0.15) is 0 Å². The van der Waals surface area contributed by atoms with Gasteiger partial charge in [-0.05, 0) is 41.4 Å². The average molecular weight is 335 g/mol. The quantitative estimate of drug-likeness (QED) is 0.768. The Morgan fingerprint density at radius 3 is 2.61 bits per heavy atom. The number of aliphatic hydroxyl groups excluding tert-OH is 1. The molecule has 1 aromatic heterocycles. The fourth-order valence-corrected chi connectivity index (χ4v) is 3.83. The van der Waals surface area contributed by atoms with E-state index in [4.69, 9.17) is 5.73 Å². The predicted octanol–water partition coefficient (Wildman–Crippen LogP) is 2.99. The number of hydrogen-bond acceptors (Lipinski definition) is 4. The maximum atomic E-state index is 9.23. The number of hydrogen-bond donors (Lipinski definition) is 2. The van der Waals surface area contributed by atoms with E-state index in [9.17, 15) is 5.11 Å². The molecule has 0 amide bonds. The van der Waals surface area contributed by atoms with Crippen molar-refractivity contribution in [3.05, 3.63) is 20.8 Å². The molecular formula is C13H23BrN2OS. The maximum Gasteiger partial charge on any atom is 0.0594 e. The van der Waals surface area contributed by atoms with Crippen LogP contribution in [-0.2, 0) is 0 Å². The number of nitrogens with two attached hydrogens (primary N) is 1.